The number of benzene rings is 5. The van der Waals surface area contributed by atoms with Crippen LogP contribution in [0.5, 0.6) is 11.5 Å². The van der Waals surface area contributed by atoms with Crippen molar-refractivity contribution in [1.29, 1.82) is 0 Å². The second-order valence-electron chi connectivity index (χ2n) is 15.6. The Morgan fingerprint density at radius 3 is 2.14 bits per heavy atom. The molecule has 7 rings (SSSR count). The number of anilines is 3. The molecule has 2 aliphatic rings. The fraction of sp³-hybridized carbons (Fsp3) is 0.298. The van der Waals surface area contributed by atoms with E-state index in [1.54, 1.807) is 28.9 Å². The van der Waals surface area contributed by atoms with Gasteiger partial charge in [0.25, 0.3) is 5.91 Å². The maximum Gasteiger partial charge on any atom is 0.264 e. The molecule has 3 amide bonds. The van der Waals surface area contributed by atoms with Crippen molar-refractivity contribution in [2.24, 2.45) is 5.92 Å². The van der Waals surface area contributed by atoms with Gasteiger partial charge in [-0.25, -0.2) is 0 Å². The lowest BCUT2D eigenvalue weighted by Gasteiger charge is -2.37. The summed E-state index contributed by atoms with van der Waals surface area (Å²) in [6, 6.07) is 40.5. The molecule has 4 atom stereocenters. The Hall–Kier alpha value is -5.75. The van der Waals surface area contributed by atoms with Crippen molar-refractivity contribution in [3.8, 4) is 11.5 Å². The first-order valence-electron chi connectivity index (χ1n) is 19.7. The number of hydrogen-bond acceptors (Lipinski definition) is 7. The van der Waals surface area contributed by atoms with Crippen molar-refractivity contribution in [2.45, 2.75) is 56.8 Å². The second-order valence-corrected chi connectivity index (χ2v) is 20.3. The van der Waals surface area contributed by atoms with E-state index in [1.165, 1.54) is 0 Å². The van der Waals surface area contributed by atoms with Gasteiger partial charge < -0.3 is 29.1 Å². The molecule has 11 heteroatoms. The molecule has 1 saturated heterocycles. The predicted octanol–water partition coefficient (Wildman–Crippen LogP) is 7.17. The van der Waals surface area contributed by atoms with Crippen LogP contribution in [0.15, 0.2) is 127 Å². The highest BCUT2D eigenvalue weighted by atomic mass is 28.3. The van der Waals surface area contributed by atoms with Crippen molar-refractivity contribution in [2.75, 3.05) is 37.2 Å². The number of para-hydroxylation sites is 1. The Balaban J connectivity index is 1.29. The highest BCUT2D eigenvalue weighted by Gasteiger charge is 2.66. The van der Waals surface area contributed by atoms with E-state index in [2.05, 4.69) is 32.2 Å². The smallest absolute Gasteiger partial charge is 0.264 e. The van der Waals surface area contributed by atoms with Crippen LogP contribution in [0.25, 0.3) is 0 Å². The summed E-state index contributed by atoms with van der Waals surface area (Å²) in [5.41, 5.74) is 2.99. The number of nitrogens with zero attached hydrogens (tertiary/aromatic N) is 3. The number of rotatable bonds is 15. The Bertz CT molecular complexity index is 2240. The van der Waals surface area contributed by atoms with Gasteiger partial charge in [0.05, 0.1) is 53.7 Å². The van der Waals surface area contributed by atoms with Gasteiger partial charge in [0.15, 0.2) is 5.60 Å². The lowest BCUT2D eigenvalue weighted by atomic mass is 9.82. The molecule has 58 heavy (non-hydrogen) atoms. The third-order valence-corrected chi connectivity index (χ3v) is 16.4. The summed E-state index contributed by atoms with van der Waals surface area (Å²) in [5.74, 6) is 0.627. The first kappa shape index (κ1) is 40.4. The van der Waals surface area contributed by atoms with Gasteiger partial charge in [-0.3, -0.25) is 19.3 Å². The van der Waals surface area contributed by atoms with E-state index in [-0.39, 0.29) is 49.4 Å². The average Bonchev–Trinajstić information content (AvgIpc) is 3.67. The molecular formula is C47H51N3O7Si. The molecule has 2 aliphatic heterocycles. The van der Waals surface area contributed by atoms with E-state index in [0.29, 0.717) is 29.2 Å². The summed E-state index contributed by atoms with van der Waals surface area (Å²) in [7, 11) is 0.683. The lowest BCUT2D eigenvalue weighted by molar-refractivity contribution is -0.150. The number of ether oxygens (including phenoxy) is 3. The minimum absolute atomic E-state index is 0.0335. The Labute approximate surface area is 341 Å². The van der Waals surface area contributed by atoms with Crippen LogP contribution in [-0.2, 0) is 37.8 Å². The maximum absolute atomic E-state index is 15.5. The van der Waals surface area contributed by atoms with Crippen LogP contribution in [0.4, 0.5) is 17.1 Å². The molecule has 0 radical (unpaired) electrons. The predicted molar refractivity (Wildman–Crippen MR) is 228 cm³/mol. The molecule has 0 unspecified atom stereocenters. The third kappa shape index (κ3) is 7.53. The van der Waals surface area contributed by atoms with Crippen LogP contribution in [0.1, 0.15) is 30.0 Å². The molecule has 1 N–H and O–H groups in total. The topological polar surface area (TPSA) is 109 Å². The molecule has 1 spiro atoms. The zero-order valence-corrected chi connectivity index (χ0v) is 34.7. The van der Waals surface area contributed by atoms with Crippen molar-refractivity contribution < 1.29 is 33.7 Å². The normalized spacial score (nSPS) is 19.9. The SMILES string of the molecule is COc1ccc([Si](C)(C)[C@H]2[C@H](CC(=O)N(CCO)Cc3ccccc3)O[C@@]3(C(=O)N(Cc4cccc(N(C=O)c5ccccc5)c4)c4ccc(OC)cc43)[C@@H]2C)cc1. The maximum atomic E-state index is 15.5. The molecule has 300 valence electrons. The van der Waals surface area contributed by atoms with E-state index in [1.807, 2.05) is 115 Å². The number of fused-ring (bicyclic) bond motifs is 2. The molecule has 10 nitrogen and oxygen atoms in total. The first-order chi connectivity index (χ1) is 28.0. The summed E-state index contributed by atoms with van der Waals surface area (Å²) in [5, 5.41) is 11.2. The van der Waals surface area contributed by atoms with E-state index in [9.17, 15) is 14.7 Å². The van der Waals surface area contributed by atoms with Crippen LogP contribution in [0.2, 0.25) is 18.6 Å². The highest BCUT2D eigenvalue weighted by Crippen LogP contribution is 2.60. The minimum atomic E-state index is -2.56. The largest absolute Gasteiger partial charge is 0.497 e. The lowest BCUT2D eigenvalue weighted by Crippen LogP contribution is -2.52. The number of amides is 3. The summed E-state index contributed by atoms with van der Waals surface area (Å²) < 4.78 is 18.5. The molecule has 0 aromatic heterocycles. The molecule has 1 fully saturated rings. The van der Waals surface area contributed by atoms with Gasteiger partial charge in [-0.1, -0.05) is 98.0 Å². The molecular weight excluding hydrogens is 747 g/mol. The van der Waals surface area contributed by atoms with Crippen LogP contribution in [0.3, 0.4) is 0 Å². The summed E-state index contributed by atoms with van der Waals surface area (Å²) in [4.78, 5) is 47.3. The van der Waals surface area contributed by atoms with Gasteiger partial charge in [0, 0.05) is 35.9 Å². The molecule has 0 aliphatic carbocycles. The van der Waals surface area contributed by atoms with Gasteiger partial charge >= 0.3 is 0 Å². The van der Waals surface area contributed by atoms with Gasteiger partial charge in [-0.15, -0.1) is 0 Å². The number of carbonyl (C=O) groups excluding carboxylic acids is 3. The first-order valence-corrected chi connectivity index (χ1v) is 22.8. The van der Waals surface area contributed by atoms with Crippen molar-refractivity contribution >= 4 is 48.5 Å². The van der Waals surface area contributed by atoms with Gasteiger partial charge in [-0.05, 0) is 71.3 Å². The van der Waals surface area contributed by atoms with E-state index >= 15 is 4.79 Å². The summed E-state index contributed by atoms with van der Waals surface area (Å²) >= 11 is 0. The standard InChI is InChI=1S/C47H51N3O7Si/c1-33-45(58(4,5)40-22-19-38(55-2)20-23-40)43(29-44(53)48(25-26-51)30-34-13-8-6-9-14-34)57-47(33)41-28-39(56-3)21-24-42(41)49(46(47)54)31-35-15-12-18-37(27-35)50(32-52)36-16-10-7-11-17-36/h6-24,27-28,32-33,43,45,51H,25-26,29-31H2,1-5H3/t33-,43+,45-,47+/m1/s1. The number of methoxy groups -OCH3 is 2. The van der Waals surface area contributed by atoms with Crippen molar-refractivity contribution in [3.63, 3.8) is 0 Å². The summed E-state index contributed by atoms with van der Waals surface area (Å²) in [6.07, 6.45) is 0.199. The minimum Gasteiger partial charge on any atom is -0.497 e. The van der Waals surface area contributed by atoms with Crippen LogP contribution in [0, 0.1) is 5.92 Å². The van der Waals surface area contributed by atoms with E-state index < -0.39 is 19.8 Å². The highest BCUT2D eigenvalue weighted by molar-refractivity contribution is 6.91. The van der Waals surface area contributed by atoms with Crippen LogP contribution in [-0.4, -0.2) is 69.8 Å². The summed E-state index contributed by atoms with van der Waals surface area (Å²) in [6.45, 7) is 7.21. The second kappa shape index (κ2) is 17.0. The molecule has 0 bridgehead atoms. The molecule has 5 aromatic rings. The average molecular weight is 798 g/mol. The Kier molecular flexibility index (Phi) is 11.9. The number of aliphatic hydroxyl groups excluding tert-OH is 1. The molecule has 0 saturated carbocycles. The monoisotopic (exact) mass is 797 g/mol. The van der Waals surface area contributed by atoms with Gasteiger partial charge in [-0.2, -0.15) is 0 Å². The van der Waals surface area contributed by atoms with E-state index in [4.69, 9.17) is 14.2 Å². The fourth-order valence-electron chi connectivity index (χ4n) is 9.14. The number of aliphatic hydroxyl groups is 1. The zero-order chi connectivity index (χ0) is 41.0. The van der Waals surface area contributed by atoms with Crippen molar-refractivity contribution in [1.82, 2.24) is 4.90 Å². The number of carbonyl (C=O) groups is 3. The third-order valence-electron chi connectivity index (χ3n) is 12.0. The van der Waals surface area contributed by atoms with E-state index in [0.717, 1.165) is 34.2 Å². The van der Waals surface area contributed by atoms with Gasteiger partial charge in [0.1, 0.15) is 11.5 Å². The fourth-order valence-corrected chi connectivity index (χ4v) is 13.2. The van der Waals surface area contributed by atoms with Crippen molar-refractivity contribution in [3.05, 3.63) is 144 Å². The van der Waals surface area contributed by atoms with Crippen LogP contribution < -0.4 is 24.5 Å². The van der Waals surface area contributed by atoms with Gasteiger partial charge in [0.2, 0.25) is 12.3 Å². The number of hydrogen-bond donors (Lipinski definition) is 1. The Morgan fingerprint density at radius 2 is 1.48 bits per heavy atom. The molecule has 2 heterocycles. The molecule has 5 aromatic carbocycles. The van der Waals surface area contributed by atoms with Crippen LogP contribution >= 0.6 is 0 Å². The Morgan fingerprint density at radius 1 is 0.845 bits per heavy atom. The quantitative estimate of drug-likeness (QED) is 0.0884. The zero-order valence-electron chi connectivity index (χ0n) is 33.7.